The highest BCUT2D eigenvalue weighted by Gasteiger charge is 2.14. The lowest BCUT2D eigenvalue weighted by Gasteiger charge is -2.09. The van der Waals surface area contributed by atoms with Gasteiger partial charge in [0.25, 0.3) is 0 Å². The summed E-state index contributed by atoms with van der Waals surface area (Å²) in [6.07, 6.45) is 1.73. The second kappa shape index (κ2) is 5.83. The van der Waals surface area contributed by atoms with Crippen LogP contribution in [0.1, 0.15) is 5.82 Å². The molecule has 7 heteroatoms. The topological polar surface area (TPSA) is 39.9 Å². The molecule has 108 valence electrons. The molecule has 0 N–H and O–H groups in total. The van der Waals surface area contributed by atoms with Crippen LogP contribution < -0.4 is 4.74 Å². The molecule has 0 aliphatic carbocycles. The number of aromatic nitrogens is 3. The summed E-state index contributed by atoms with van der Waals surface area (Å²) < 4.78 is 7.93. The van der Waals surface area contributed by atoms with E-state index >= 15 is 0 Å². The minimum atomic E-state index is 0.275. The lowest BCUT2D eigenvalue weighted by molar-refractivity contribution is 0.415. The van der Waals surface area contributed by atoms with Crippen LogP contribution in [0.4, 0.5) is 0 Å². The Morgan fingerprint density at radius 2 is 2.14 bits per heavy atom. The molecular weight excluding hydrogens is 377 g/mol. The van der Waals surface area contributed by atoms with E-state index in [0.29, 0.717) is 16.6 Å². The second-order valence-corrected chi connectivity index (χ2v) is 5.90. The van der Waals surface area contributed by atoms with E-state index in [1.54, 1.807) is 25.4 Å². The maximum absolute atomic E-state index is 6.20. The molecule has 0 amide bonds. The molecule has 0 spiro atoms. The minimum absolute atomic E-state index is 0.275. The Labute approximate surface area is 139 Å². The fraction of sp³-hybridized carbons (Fsp3) is 0.143. The van der Waals surface area contributed by atoms with Crippen LogP contribution in [0, 0.1) is 0 Å². The number of imidazole rings is 1. The highest BCUT2D eigenvalue weighted by atomic mass is 79.9. The molecule has 0 unspecified atom stereocenters. The zero-order valence-corrected chi connectivity index (χ0v) is 14.1. The van der Waals surface area contributed by atoms with E-state index in [9.17, 15) is 0 Å². The number of hydrogen-bond acceptors (Lipinski definition) is 3. The van der Waals surface area contributed by atoms with Gasteiger partial charge in [0.2, 0.25) is 0 Å². The van der Waals surface area contributed by atoms with Crippen molar-refractivity contribution >= 4 is 50.3 Å². The Bertz CT molecular complexity index is 819. The minimum Gasteiger partial charge on any atom is -0.495 e. The summed E-state index contributed by atoms with van der Waals surface area (Å²) in [5, 5.41) is 0.523. The Morgan fingerprint density at radius 3 is 2.81 bits per heavy atom. The van der Waals surface area contributed by atoms with Gasteiger partial charge in [-0.05, 0) is 40.2 Å². The monoisotopic (exact) mass is 385 g/mol. The molecule has 4 nitrogen and oxygen atoms in total. The van der Waals surface area contributed by atoms with Gasteiger partial charge in [0, 0.05) is 10.7 Å². The van der Waals surface area contributed by atoms with Crippen molar-refractivity contribution in [3.8, 4) is 11.4 Å². The molecule has 0 aliphatic heterocycles. The van der Waals surface area contributed by atoms with Crippen molar-refractivity contribution in [1.29, 1.82) is 0 Å². The highest BCUT2D eigenvalue weighted by Crippen LogP contribution is 2.29. The Kier molecular flexibility index (Phi) is 4.06. The van der Waals surface area contributed by atoms with Gasteiger partial charge in [-0.2, -0.15) is 0 Å². The number of alkyl halides is 1. The molecule has 2 aromatic heterocycles. The molecule has 0 fully saturated rings. The fourth-order valence-electron chi connectivity index (χ4n) is 2.14. The molecule has 0 aliphatic rings. The lowest BCUT2D eigenvalue weighted by atomic mass is 10.3. The maximum atomic E-state index is 6.20. The summed E-state index contributed by atoms with van der Waals surface area (Å²) in [4.78, 5) is 8.92. The first-order valence-corrected chi connectivity index (χ1v) is 7.77. The average molecular weight is 387 g/mol. The Morgan fingerprint density at radius 1 is 1.33 bits per heavy atom. The van der Waals surface area contributed by atoms with E-state index in [1.807, 2.05) is 16.7 Å². The van der Waals surface area contributed by atoms with Crippen LogP contribution in [0.2, 0.25) is 5.02 Å². The molecule has 3 rings (SSSR count). The third-order valence-corrected chi connectivity index (χ3v) is 4.01. The van der Waals surface area contributed by atoms with E-state index in [0.717, 1.165) is 21.3 Å². The third-order valence-electron chi connectivity index (χ3n) is 3.05. The van der Waals surface area contributed by atoms with Gasteiger partial charge in [0.05, 0.1) is 23.7 Å². The smallest absolute Gasteiger partial charge is 0.164 e. The SMILES string of the molecule is COc1ccc(-n2c(CCl)nc3cc(Br)cnc32)cc1Cl. The summed E-state index contributed by atoms with van der Waals surface area (Å²) in [7, 11) is 1.58. The van der Waals surface area contributed by atoms with Crippen LogP contribution >= 0.6 is 39.1 Å². The fourth-order valence-corrected chi connectivity index (χ4v) is 2.89. The first-order chi connectivity index (χ1) is 10.1. The van der Waals surface area contributed by atoms with Gasteiger partial charge in [-0.3, -0.25) is 4.57 Å². The number of methoxy groups -OCH3 is 1. The largest absolute Gasteiger partial charge is 0.495 e. The van der Waals surface area contributed by atoms with Crippen molar-refractivity contribution in [1.82, 2.24) is 14.5 Å². The van der Waals surface area contributed by atoms with Gasteiger partial charge in [0.1, 0.15) is 17.1 Å². The normalized spacial score (nSPS) is 11.0. The zero-order chi connectivity index (χ0) is 15.0. The second-order valence-electron chi connectivity index (χ2n) is 4.31. The van der Waals surface area contributed by atoms with E-state index < -0.39 is 0 Å². The van der Waals surface area contributed by atoms with E-state index in [-0.39, 0.29) is 5.88 Å². The van der Waals surface area contributed by atoms with Crippen LogP contribution in [-0.4, -0.2) is 21.6 Å². The molecule has 0 bridgehead atoms. The number of benzene rings is 1. The number of fused-ring (bicyclic) bond motifs is 1. The Balaban J connectivity index is 2.25. The summed E-state index contributed by atoms with van der Waals surface area (Å²) in [6, 6.07) is 7.41. The molecule has 21 heavy (non-hydrogen) atoms. The number of pyridine rings is 1. The van der Waals surface area contributed by atoms with Crippen molar-refractivity contribution in [2.75, 3.05) is 7.11 Å². The summed E-state index contributed by atoms with van der Waals surface area (Å²) in [5.74, 6) is 1.60. The molecule has 1 aromatic carbocycles. The van der Waals surface area contributed by atoms with Crippen LogP contribution in [0.3, 0.4) is 0 Å². The van der Waals surface area contributed by atoms with Gasteiger partial charge in [-0.1, -0.05) is 11.6 Å². The van der Waals surface area contributed by atoms with Gasteiger partial charge >= 0.3 is 0 Å². The van der Waals surface area contributed by atoms with Gasteiger partial charge in [-0.15, -0.1) is 11.6 Å². The molecule has 0 atom stereocenters. The van der Waals surface area contributed by atoms with Crippen LogP contribution in [0.25, 0.3) is 16.9 Å². The van der Waals surface area contributed by atoms with E-state index in [1.165, 1.54) is 0 Å². The van der Waals surface area contributed by atoms with Crippen molar-refractivity contribution in [2.45, 2.75) is 5.88 Å². The van der Waals surface area contributed by atoms with E-state index in [2.05, 4.69) is 25.9 Å². The van der Waals surface area contributed by atoms with Crippen molar-refractivity contribution in [2.24, 2.45) is 0 Å². The first-order valence-electron chi connectivity index (χ1n) is 6.07. The summed E-state index contributed by atoms with van der Waals surface area (Å²) in [5.41, 5.74) is 2.34. The molecule has 2 heterocycles. The van der Waals surface area contributed by atoms with Crippen molar-refractivity contribution < 1.29 is 4.74 Å². The number of halogens is 3. The summed E-state index contributed by atoms with van der Waals surface area (Å²) >= 11 is 15.6. The lowest BCUT2D eigenvalue weighted by Crippen LogP contribution is -2.00. The number of ether oxygens (including phenoxy) is 1. The Hall–Kier alpha value is -1.30. The van der Waals surface area contributed by atoms with Crippen LogP contribution in [-0.2, 0) is 5.88 Å². The number of nitrogens with zero attached hydrogens (tertiary/aromatic N) is 3. The zero-order valence-electron chi connectivity index (χ0n) is 11.0. The molecular formula is C14H10BrCl2N3O. The standard InChI is InChI=1S/C14H10BrCl2N3O/c1-21-12-3-2-9(5-10(12)17)20-13(6-16)19-11-4-8(15)7-18-14(11)20/h2-5,7H,6H2,1H3. The number of hydrogen-bond donors (Lipinski definition) is 0. The highest BCUT2D eigenvalue weighted by molar-refractivity contribution is 9.10. The quantitative estimate of drug-likeness (QED) is 0.618. The predicted octanol–water partition coefficient (Wildman–Crippen LogP) is 4.58. The van der Waals surface area contributed by atoms with E-state index in [4.69, 9.17) is 27.9 Å². The van der Waals surface area contributed by atoms with Gasteiger partial charge in [-0.25, -0.2) is 9.97 Å². The predicted molar refractivity (Wildman–Crippen MR) is 87.7 cm³/mol. The third kappa shape index (κ3) is 2.61. The van der Waals surface area contributed by atoms with Gasteiger partial charge in [0.15, 0.2) is 5.65 Å². The van der Waals surface area contributed by atoms with Crippen molar-refractivity contribution in [3.05, 3.63) is 45.8 Å². The summed E-state index contributed by atoms with van der Waals surface area (Å²) in [6.45, 7) is 0. The first kappa shape index (κ1) is 14.6. The maximum Gasteiger partial charge on any atom is 0.164 e. The van der Waals surface area contributed by atoms with Crippen molar-refractivity contribution in [3.63, 3.8) is 0 Å². The average Bonchev–Trinajstić information content (AvgIpc) is 2.84. The molecule has 0 radical (unpaired) electrons. The van der Waals surface area contributed by atoms with Crippen LogP contribution in [0.5, 0.6) is 5.75 Å². The molecule has 0 saturated carbocycles. The molecule has 3 aromatic rings. The number of rotatable bonds is 3. The van der Waals surface area contributed by atoms with Gasteiger partial charge < -0.3 is 4.74 Å². The molecule has 0 saturated heterocycles. The van der Waals surface area contributed by atoms with Crippen LogP contribution in [0.15, 0.2) is 34.9 Å².